The topological polar surface area (TPSA) is 40.5 Å². The maximum atomic E-state index is 13.1. The number of benzene rings is 1. The number of aliphatic hydroxyl groups excluding tert-OH is 1. The van der Waals surface area contributed by atoms with Gasteiger partial charge >= 0.3 is 0 Å². The summed E-state index contributed by atoms with van der Waals surface area (Å²) >= 11 is 0. The van der Waals surface area contributed by atoms with Crippen LogP contribution in [-0.2, 0) is 6.42 Å². The van der Waals surface area contributed by atoms with E-state index in [9.17, 15) is 14.6 Å². The lowest BCUT2D eigenvalue weighted by molar-refractivity contribution is -0.102. The van der Waals surface area contributed by atoms with Crippen molar-refractivity contribution in [2.24, 2.45) is 5.92 Å². The highest BCUT2D eigenvalue weighted by atomic mass is 19.1. The summed E-state index contributed by atoms with van der Waals surface area (Å²) in [6.07, 6.45) is 2.64. The quantitative estimate of drug-likeness (QED) is 0.868. The standard InChI is InChI=1S/C15H21FO2/c1-11-5-7-15(18,8-6-11)14(17)10-12-3-2-4-13(16)9-12/h2-4,9,11,14,17-18H,5-8,10H2,1H3. The van der Waals surface area contributed by atoms with Crippen molar-refractivity contribution in [3.05, 3.63) is 35.6 Å². The second-order valence-electron chi connectivity index (χ2n) is 5.64. The van der Waals surface area contributed by atoms with E-state index in [1.807, 2.05) is 0 Å². The molecule has 1 saturated carbocycles. The van der Waals surface area contributed by atoms with Crippen LogP contribution in [0.25, 0.3) is 0 Å². The molecule has 100 valence electrons. The fourth-order valence-corrected chi connectivity index (χ4v) is 2.67. The largest absolute Gasteiger partial charge is 0.390 e. The summed E-state index contributed by atoms with van der Waals surface area (Å²) in [5.41, 5.74) is -0.270. The second kappa shape index (κ2) is 5.37. The number of hydrogen-bond donors (Lipinski definition) is 2. The normalized spacial score (nSPS) is 30.1. The molecule has 1 unspecified atom stereocenters. The highest BCUT2D eigenvalue weighted by Gasteiger charge is 2.38. The highest BCUT2D eigenvalue weighted by Crippen LogP contribution is 2.35. The molecule has 2 N–H and O–H groups in total. The lowest BCUT2D eigenvalue weighted by Gasteiger charge is -2.38. The molecule has 18 heavy (non-hydrogen) atoms. The molecule has 0 radical (unpaired) electrons. The molecule has 1 aliphatic carbocycles. The lowest BCUT2D eigenvalue weighted by Crippen LogP contribution is -2.46. The average Bonchev–Trinajstić information content (AvgIpc) is 2.33. The van der Waals surface area contributed by atoms with Crippen LogP contribution >= 0.6 is 0 Å². The Labute approximate surface area is 107 Å². The van der Waals surface area contributed by atoms with Gasteiger partial charge in [-0.3, -0.25) is 0 Å². The first-order valence-corrected chi connectivity index (χ1v) is 6.64. The Kier molecular flexibility index (Phi) is 4.03. The Morgan fingerprint density at radius 3 is 2.67 bits per heavy atom. The van der Waals surface area contributed by atoms with Gasteiger partial charge in [-0.2, -0.15) is 0 Å². The maximum absolute atomic E-state index is 13.1. The molecular weight excluding hydrogens is 231 g/mol. The fourth-order valence-electron chi connectivity index (χ4n) is 2.67. The van der Waals surface area contributed by atoms with E-state index in [2.05, 4.69) is 6.92 Å². The summed E-state index contributed by atoms with van der Waals surface area (Å²) in [4.78, 5) is 0. The van der Waals surface area contributed by atoms with Crippen LogP contribution in [0.1, 0.15) is 38.2 Å². The van der Waals surface area contributed by atoms with E-state index < -0.39 is 11.7 Å². The molecule has 1 atom stereocenters. The first-order valence-electron chi connectivity index (χ1n) is 6.64. The molecule has 1 aromatic rings. The molecule has 1 aliphatic rings. The zero-order valence-corrected chi connectivity index (χ0v) is 10.8. The molecule has 0 spiro atoms. The first kappa shape index (κ1) is 13.5. The Morgan fingerprint density at radius 1 is 1.39 bits per heavy atom. The van der Waals surface area contributed by atoms with Crippen molar-refractivity contribution in [3.63, 3.8) is 0 Å². The van der Waals surface area contributed by atoms with Crippen LogP contribution in [-0.4, -0.2) is 21.9 Å². The number of hydrogen-bond acceptors (Lipinski definition) is 2. The number of halogens is 1. The minimum Gasteiger partial charge on any atom is -0.390 e. The second-order valence-corrected chi connectivity index (χ2v) is 5.64. The number of rotatable bonds is 3. The molecule has 0 heterocycles. The first-order chi connectivity index (χ1) is 8.49. The molecule has 2 nitrogen and oxygen atoms in total. The van der Waals surface area contributed by atoms with Crippen molar-refractivity contribution in [2.75, 3.05) is 0 Å². The monoisotopic (exact) mass is 252 g/mol. The van der Waals surface area contributed by atoms with Gasteiger partial charge in [0.1, 0.15) is 5.82 Å². The van der Waals surface area contributed by atoms with E-state index in [4.69, 9.17) is 0 Å². The summed E-state index contributed by atoms with van der Waals surface area (Å²) < 4.78 is 13.1. The van der Waals surface area contributed by atoms with E-state index in [0.29, 0.717) is 25.2 Å². The van der Waals surface area contributed by atoms with E-state index >= 15 is 0 Å². The molecule has 1 aromatic carbocycles. The van der Waals surface area contributed by atoms with Gasteiger partial charge in [0.05, 0.1) is 11.7 Å². The number of aliphatic hydroxyl groups is 2. The van der Waals surface area contributed by atoms with Crippen molar-refractivity contribution in [1.82, 2.24) is 0 Å². The lowest BCUT2D eigenvalue weighted by atomic mass is 9.75. The smallest absolute Gasteiger partial charge is 0.123 e. The van der Waals surface area contributed by atoms with E-state index in [1.54, 1.807) is 12.1 Å². The Balaban J connectivity index is 2.01. The van der Waals surface area contributed by atoms with E-state index in [0.717, 1.165) is 18.4 Å². The molecular formula is C15H21FO2. The van der Waals surface area contributed by atoms with Crippen LogP contribution in [0.5, 0.6) is 0 Å². The molecule has 2 rings (SSSR count). The van der Waals surface area contributed by atoms with Gasteiger partial charge in [0, 0.05) is 6.42 Å². The van der Waals surface area contributed by atoms with Crippen LogP contribution in [0.4, 0.5) is 4.39 Å². The summed E-state index contributed by atoms with van der Waals surface area (Å²) in [6, 6.07) is 6.20. The van der Waals surface area contributed by atoms with Gasteiger partial charge in [-0.15, -0.1) is 0 Å². The van der Waals surface area contributed by atoms with Crippen molar-refractivity contribution >= 4 is 0 Å². The molecule has 0 aromatic heterocycles. The summed E-state index contributed by atoms with van der Waals surface area (Å²) in [5, 5.41) is 20.6. The van der Waals surface area contributed by atoms with Crippen molar-refractivity contribution < 1.29 is 14.6 Å². The minimum absolute atomic E-state index is 0.302. The molecule has 3 heteroatoms. The van der Waals surface area contributed by atoms with Crippen LogP contribution in [0.2, 0.25) is 0 Å². The maximum Gasteiger partial charge on any atom is 0.123 e. The Hall–Kier alpha value is -0.930. The van der Waals surface area contributed by atoms with Gasteiger partial charge in [0.25, 0.3) is 0 Å². The van der Waals surface area contributed by atoms with Crippen LogP contribution < -0.4 is 0 Å². The Morgan fingerprint density at radius 2 is 2.06 bits per heavy atom. The Bertz CT molecular complexity index is 397. The fraction of sp³-hybridized carbons (Fsp3) is 0.600. The molecule has 0 amide bonds. The zero-order chi connectivity index (χ0) is 13.2. The third kappa shape index (κ3) is 3.09. The van der Waals surface area contributed by atoms with Crippen LogP contribution in [0.3, 0.4) is 0 Å². The van der Waals surface area contributed by atoms with Crippen molar-refractivity contribution in [3.8, 4) is 0 Å². The van der Waals surface area contributed by atoms with Gasteiger partial charge < -0.3 is 10.2 Å². The zero-order valence-electron chi connectivity index (χ0n) is 10.8. The molecule has 0 aliphatic heterocycles. The van der Waals surface area contributed by atoms with E-state index in [1.165, 1.54) is 12.1 Å². The summed E-state index contributed by atoms with van der Waals surface area (Å²) in [7, 11) is 0. The SMILES string of the molecule is CC1CCC(O)(C(O)Cc2cccc(F)c2)CC1. The van der Waals surface area contributed by atoms with Crippen LogP contribution in [0, 0.1) is 11.7 Å². The third-order valence-electron chi connectivity index (χ3n) is 4.08. The molecule has 0 bridgehead atoms. The molecule has 1 fully saturated rings. The van der Waals surface area contributed by atoms with Crippen LogP contribution in [0.15, 0.2) is 24.3 Å². The third-order valence-corrected chi connectivity index (χ3v) is 4.08. The van der Waals surface area contributed by atoms with Gasteiger partial charge in [0.2, 0.25) is 0 Å². The summed E-state index contributed by atoms with van der Waals surface area (Å²) in [5.74, 6) is 0.315. The highest BCUT2D eigenvalue weighted by molar-refractivity contribution is 5.18. The van der Waals surface area contributed by atoms with Gasteiger partial charge in [-0.25, -0.2) is 4.39 Å². The van der Waals surface area contributed by atoms with E-state index in [-0.39, 0.29) is 5.82 Å². The van der Waals surface area contributed by atoms with Crippen molar-refractivity contribution in [2.45, 2.75) is 50.7 Å². The minimum atomic E-state index is -1.00. The van der Waals surface area contributed by atoms with Gasteiger partial charge in [0.15, 0.2) is 0 Å². The van der Waals surface area contributed by atoms with Gasteiger partial charge in [-0.05, 0) is 49.3 Å². The average molecular weight is 252 g/mol. The predicted octanol–water partition coefficient (Wildman–Crippen LogP) is 2.67. The molecule has 0 saturated heterocycles. The predicted molar refractivity (Wildman–Crippen MR) is 68.7 cm³/mol. The summed E-state index contributed by atoms with van der Waals surface area (Å²) in [6.45, 7) is 2.17. The van der Waals surface area contributed by atoms with Crippen molar-refractivity contribution in [1.29, 1.82) is 0 Å². The van der Waals surface area contributed by atoms with Gasteiger partial charge in [-0.1, -0.05) is 19.1 Å².